The summed E-state index contributed by atoms with van der Waals surface area (Å²) in [5, 5.41) is 4.61. The molecule has 2 aromatic heterocycles. The van der Waals surface area contributed by atoms with E-state index in [1.807, 2.05) is 51.1 Å². The van der Waals surface area contributed by atoms with Crippen LogP contribution in [0.5, 0.6) is 5.75 Å². The highest BCUT2D eigenvalue weighted by Crippen LogP contribution is 2.38. The first-order valence-corrected chi connectivity index (χ1v) is 9.05. The average Bonchev–Trinajstić information content (AvgIpc) is 2.98. The fraction of sp³-hybridized carbons (Fsp3) is 0.333. The lowest BCUT2D eigenvalue weighted by Crippen LogP contribution is -2.21. The van der Waals surface area contributed by atoms with Crippen LogP contribution in [-0.4, -0.2) is 32.6 Å². The predicted octanol–water partition coefficient (Wildman–Crippen LogP) is 3.51. The number of aromatic nitrogens is 4. The standard InChI is InChI=1S/C21H22N4O2/c1-12-9-13(2)23-21(22-12)25-17-10-15(11-18(26)20(17)14(3)24-25)16-7-5-6-8-19(16)27-4/h5-9,15H,10-11H2,1-4H3/t15-/m1/s1. The number of fused-ring (bicyclic) bond motifs is 1. The van der Waals surface area contributed by atoms with Crippen LogP contribution in [0.15, 0.2) is 30.3 Å². The zero-order valence-corrected chi connectivity index (χ0v) is 16.0. The number of hydrogen-bond acceptors (Lipinski definition) is 5. The summed E-state index contributed by atoms with van der Waals surface area (Å²) >= 11 is 0. The normalized spacial score (nSPS) is 16.3. The third kappa shape index (κ3) is 3.01. The van der Waals surface area contributed by atoms with Crippen molar-refractivity contribution >= 4 is 5.78 Å². The molecule has 0 unspecified atom stereocenters. The largest absolute Gasteiger partial charge is 0.496 e. The van der Waals surface area contributed by atoms with Gasteiger partial charge in [0.15, 0.2) is 5.78 Å². The van der Waals surface area contributed by atoms with E-state index in [1.54, 1.807) is 11.8 Å². The number of aryl methyl sites for hydroxylation is 3. The van der Waals surface area contributed by atoms with Gasteiger partial charge in [0.1, 0.15) is 5.75 Å². The van der Waals surface area contributed by atoms with Crippen LogP contribution in [0.1, 0.15) is 51.0 Å². The molecule has 0 N–H and O–H groups in total. The maximum atomic E-state index is 12.9. The van der Waals surface area contributed by atoms with Crippen LogP contribution in [0.3, 0.4) is 0 Å². The molecular weight excluding hydrogens is 340 g/mol. The van der Waals surface area contributed by atoms with E-state index in [0.29, 0.717) is 24.4 Å². The molecule has 6 nitrogen and oxygen atoms in total. The van der Waals surface area contributed by atoms with E-state index in [0.717, 1.165) is 34.1 Å². The lowest BCUT2D eigenvalue weighted by molar-refractivity contribution is 0.0963. The molecule has 6 heteroatoms. The number of rotatable bonds is 3. The van der Waals surface area contributed by atoms with Crippen LogP contribution in [-0.2, 0) is 6.42 Å². The van der Waals surface area contributed by atoms with Crippen LogP contribution in [0.2, 0.25) is 0 Å². The van der Waals surface area contributed by atoms with Crippen molar-refractivity contribution in [3.05, 3.63) is 64.2 Å². The molecule has 1 aliphatic carbocycles. The topological polar surface area (TPSA) is 69.9 Å². The van der Waals surface area contributed by atoms with E-state index in [1.165, 1.54) is 0 Å². The van der Waals surface area contributed by atoms with Crippen LogP contribution >= 0.6 is 0 Å². The quantitative estimate of drug-likeness (QED) is 0.713. The monoisotopic (exact) mass is 362 g/mol. The number of nitrogens with zero attached hydrogens (tertiary/aromatic N) is 4. The van der Waals surface area contributed by atoms with E-state index < -0.39 is 0 Å². The Morgan fingerprint density at radius 3 is 2.48 bits per heavy atom. The van der Waals surface area contributed by atoms with E-state index in [-0.39, 0.29) is 11.7 Å². The molecule has 0 saturated carbocycles. The SMILES string of the molecule is COc1ccccc1[C@H]1CC(=O)c2c(C)nn(-c3nc(C)cc(C)n3)c2C1. The van der Waals surface area contributed by atoms with Crippen molar-refractivity contribution in [3.8, 4) is 11.7 Å². The summed E-state index contributed by atoms with van der Waals surface area (Å²) in [5.74, 6) is 1.48. The number of hydrogen-bond donors (Lipinski definition) is 0. The average molecular weight is 362 g/mol. The summed E-state index contributed by atoms with van der Waals surface area (Å²) in [6, 6.07) is 9.81. The summed E-state index contributed by atoms with van der Waals surface area (Å²) in [5.41, 5.74) is 5.13. The van der Waals surface area contributed by atoms with Crippen molar-refractivity contribution in [2.24, 2.45) is 0 Å². The fourth-order valence-corrected chi connectivity index (χ4v) is 3.95. The van der Waals surface area contributed by atoms with Gasteiger partial charge in [0.2, 0.25) is 0 Å². The molecule has 0 fully saturated rings. The van der Waals surface area contributed by atoms with Gasteiger partial charge < -0.3 is 4.74 Å². The Labute approximate surface area is 158 Å². The molecule has 3 aromatic rings. The minimum atomic E-state index is 0.0434. The maximum absolute atomic E-state index is 12.9. The maximum Gasteiger partial charge on any atom is 0.251 e. The number of Topliss-reactive ketones (excluding diaryl/α,β-unsaturated/α-hetero) is 1. The van der Waals surface area contributed by atoms with Crippen LogP contribution < -0.4 is 4.74 Å². The number of para-hydroxylation sites is 1. The summed E-state index contributed by atoms with van der Waals surface area (Å²) in [6.45, 7) is 5.74. The zero-order valence-electron chi connectivity index (χ0n) is 16.0. The number of carbonyl (C=O) groups is 1. The van der Waals surface area contributed by atoms with Gasteiger partial charge in [0.05, 0.1) is 24.1 Å². The number of ether oxygens (including phenoxy) is 1. The molecule has 2 heterocycles. The van der Waals surface area contributed by atoms with Gasteiger partial charge in [-0.3, -0.25) is 4.79 Å². The second kappa shape index (κ2) is 6.61. The van der Waals surface area contributed by atoms with Gasteiger partial charge in [-0.15, -0.1) is 0 Å². The second-order valence-corrected chi connectivity index (χ2v) is 7.04. The molecular formula is C21H22N4O2. The first kappa shape index (κ1) is 17.4. The number of ketones is 1. The van der Waals surface area contributed by atoms with Crippen LogP contribution in [0.25, 0.3) is 5.95 Å². The van der Waals surface area contributed by atoms with Gasteiger partial charge in [-0.25, -0.2) is 14.6 Å². The van der Waals surface area contributed by atoms with Gasteiger partial charge in [-0.1, -0.05) is 18.2 Å². The fourth-order valence-electron chi connectivity index (χ4n) is 3.95. The highest BCUT2D eigenvalue weighted by Gasteiger charge is 2.33. The third-order valence-electron chi connectivity index (χ3n) is 5.05. The smallest absolute Gasteiger partial charge is 0.251 e. The van der Waals surface area contributed by atoms with Crippen molar-refractivity contribution in [1.82, 2.24) is 19.7 Å². The molecule has 4 rings (SSSR count). The van der Waals surface area contributed by atoms with Crippen molar-refractivity contribution in [2.45, 2.75) is 39.5 Å². The summed E-state index contributed by atoms with van der Waals surface area (Å²) in [6.07, 6.45) is 1.15. The van der Waals surface area contributed by atoms with Gasteiger partial charge in [0, 0.05) is 23.7 Å². The number of carbonyl (C=O) groups excluding carboxylic acids is 1. The van der Waals surface area contributed by atoms with Crippen LogP contribution in [0, 0.1) is 20.8 Å². The molecule has 1 aromatic carbocycles. The van der Waals surface area contributed by atoms with Crippen molar-refractivity contribution in [1.29, 1.82) is 0 Å². The zero-order chi connectivity index (χ0) is 19.1. The van der Waals surface area contributed by atoms with E-state index in [2.05, 4.69) is 15.1 Å². The molecule has 0 saturated heterocycles. The molecule has 0 amide bonds. The molecule has 0 aliphatic heterocycles. The van der Waals surface area contributed by atoms with Crippen molar-refractivity contribution in [2.75, 3.05) is 7.11 Å². The molecule has 1 atom stereocenters. The summed E-state index contributed by atoms with van der Waals surface area (Å²) in [4.78, 5) is 22.0. The Balaban J connectivity index is 1.83. The molecule has 138 valence electrons. The van der Waals surface area contributed by atoms with Gasteiger partial charge in [0.25, 0.3) is 5.95 Å². The van der Waals surface area contributed by atoms with Gasteiger partial charge >= 0.3 is 0 Å². The van der Waals surface area contributed by atoms with E-state index in [4.69, 9.17) is 4.74 Å². The van der Waals surface area contributed by atoms with Crippen molar-refractivity contribution in [3.63, 3.8) is 0 Å². The Hall–Kier alpha value is -3.02. The minimum Gasteiger partial charge on any atom is -0.496 e. The lowest BCUT2D eigenvalue weighted by atomic mass is 9.81. The lowest BCUT2D eigenvalue weighted by Gasteiger charge is -2.24. The Morgan fingerprint density at radius 2 is 1.78 bits per heavy atom. The van der Waals surface area contributed by atoms with Crippen LogP contribution in [0.4, 0.5) is 0 Å². The van der Waals surface area contributed by atoms with E-state index in [9.17, 15) is 4.79 Å². The van der Waals surface area contributed by atoms with Gasteiger partial charge in [-0.05, 0) is 44.9 Å². The first-order valence-electron chi connectivity index (χ1n) is 9.05. The molecule has 0 bridgehead atoms. The number of benzene rings is 1. The van der Waals surface area contributed by atoms with Crippen molar-refractivity contribution < 1.29 is 9.53 Å². The Morgan fingerprint density at radius 1 is 1.07 bits per heavy atom. The molecule has 0 radical (unpaired) electrons. The van der Waals surface area contributed by atoms with Gasteiger partial charge in [-0.2, -0.15) is 5.10 Å². The highest BCUT2D eigenvalue weighted by atomic mass is 16.5. The number of methoxy groups -OCH3 is 1. The summed E-state index contributed by atoms with van der Waals surface area (Å²) < 4.78 is 7.26. The summed E-state index contributed by atoms with van der Waals surface area (Å²) in [7, 11) is 1.66. The minimum absolute atomic E-state index is 0.0434. The first-order chi connectivity index (χ1) is 13.0. The Bertz CT molecular complexity index is 1020. The highest BCUT2D eigenvalue weighted by molar-refractivity contribution is 6.00. The second-order valence-electron chi connectivity index (χ2n) is 7.04. The molecule has 1 aliphatic rings. The molecule has 0 spiro atoms. The molecule has 27 heavy (non-hydrogen) atoms. The predicted molar refractivity (Wildman–Crippen MR) is 102 cm³/mol. The van der Waals surface area contributed by atoms with E-state index >= 15 is 0 Å². The Kier molecular flexibility index (Phi) is 4.26. The third-order valence-corrected chi connectivity index (χ3v) is 5.05.